The van der Waals surface area contributed by atoms with Crippen molar-refractivity contribution in [3.05, 3.63) is 29.3 Å². The molecular weight excluding hydrogens is 362 g/mol. The second kappa shape index (κ2) is 6.85. The fourth-order valence-corrected chi connectivity index (χ4v) is 5.51. The molecule has 3 aromatic rings. The lowest BCUT2D eigenvalue weighted by Gasteiger charge is -2.31. The molecule has 1 aliphatic carbocycles. The number of piperidine rings is 1. The lowest BCUT2D eigenvalue weighted by atomic mass is 10.00. The van der Waals surface area contributed by atoms with E-state index >= 15 is 0 Å². The summed E-state index contributed by atoms with van der Waals surface area (Å²) in [4.78, 5) is 7.19. The number of hydrogen-bond acceptors (Lipinski definition) is 6. The van der Waals surface area contributed by atoms with Gasteiger partial charge in [-0.2, -0.15) is 0 Å². The number of thiazole rings is 1. The number of rotatable bonds is 5. The van der Waals surface area contributed by atoms with Crippen LogP contribution in [0, 0.1) is 5.92 Å². The van der Waals surface area contributed by atoms with Gasteiger partial charge in [0, 0.05) is 19.1 Å². The van der Waals surface area contributed by atoms with Crippen LogP contribution in [0.5, 0.6) is 0 Å². The van der Waals surface area contributed by atoms with E-state index in [1.165, 1.54) is 30.4 Å². The van der Waals surface area contributed by atoms with E-state index in [0.717, 1.165) is 46.4 Å². The summed E-state index contributed by atoms with van der Waals surface area (Å²) in [6, 6.07) is 8.95. The third kappa shape index (κ3) is 3.22. The number of benzene rings is 1. The predicted molar refractivity (Wildman–Crippen MR) is 108 cm³/mol. The molecule has 0 spiro atoms. The van der Waals surface area contributed by atoms with Crippen LogP contribution in [-0.4, -0.2) is 32.8 Å². The summed E-state index contributed by atoms with van der Waals surface area (Å²) < 4.78 is 3.66. The third-order valence-electron chi connectivity index (χ3n) is 5.29. The monoisotopic (exact) mass is 385 g/mol. The smallest absolute Gasteiger partial charge is 0.228 e. The van der Waals surface area contributed by atoms with Gasteiger partial charge in [0.2, 0.25) is 5.95 Å². The van der Waals surface area contributed by atoms with Crippen LogP contribution in [0.4, 0.5) is 5.95 Å². The SMILES string of the molecule is CC1CCN(c2nnc(SCc3nc4ccccc4s3)n2C2CC2)CC1. The minimum absolute atomic E-state index is 0.595. The summed E-state index contributed by atoms with van der Waals surface area (Å²) >= 11 is 3.56. The van der Waals surface area contributed by atoms with Crippen LogP contribution in [0.1, 0.15) is 43.7 Å². The van der Waals surface area contributed by atoms with Crippen molar-refractivity contribution in [1.29, 1.82) is 0 Å². The van der Waals surface area contributed by atoms with Crippen LogP contribution in [-0.2, 0) is 5.75 Å². The Bertz CT molecular complexity index is 873. The van der Waals surface area contributed by atoms with Gasteiger partial charge in [-0.15, -0.1) is 21.5 Å². The lowest BCUT2D eigenvalue weighted by molar-refractivity contribution is 0.429. The number of aromatic nitrogens is 4. The molecule has 5 rings (SSSR count). The van der Waals surface area contributed by atoms with E-state index in [4.69, 9.17) is 4.98 Å². The van der Waals surface area contributed by atoms with Gasteiger partial charge in [-0.1, -0.05) is 30.8 Å². The maximum atomic E-state index is 4.75. The van der Waals surface area contributed by atoms with Crippen molar-refractivity contribution < 1.29 is 0 Å². The molecule has 0 bridgehead atoms. The first-order valence-electron chi connectivity index (χ1n) is 9.45. The highest BCUT2D eigenvalue weighted by Gasteiger charge is 2.32. The highest BCUT2D eigenvalue weighted by Crippen LogP contribution is 2.42. The number of para-hydroxylation sites is 1. The first-order chi connectivity index (χ1) is 12.8. The quantitative estimate of drug-likeness (QED) is 0.593. The normalized spacial score (nSPS) is 18.7. The standard InChI is InChI=1S/C19H23N5S2/c1-13-8-10-23(11-9-13)18-21-22-19(24(18)14-6-7-14)25-12-17-20-15-4-2-3-5-16(15)26-17/h2-5,13-14H,6-12H2,1H3. The van der Waals surface area contributed by atoms with E-state index in [1.54, 1.807) is 23.1 Å². The molecular formula is C19H23N5S2. The van der Waals surface area contributed by atoms with Crippen LogP contribution in [0.15, 0.2) is 29.4 Å². The summed E-state index contributed by atoms with van der Waals surface area (Å²) in [5, 5.41) is 11.4. The first-order valence-corrected chi connectivity index (χ1v) is 11.3. The van der Waals surface area contributed by atoms with Crippen LogP contribution in [0.3, 0.4) is 0 Å². The van der Waals surface area contributed by atoms with Gasteiger partial charge in [-0.25, -0.2) is 4.98 Å². The molecule has 0 radical (unpaired) electrons. The topological polar surface area (TPSA) is 46.8 Å². The Balaban J connectivity index is 1.35. The molecule has 0 N–H and O–H groups in total. The summed E-state index contributed by atoms with van der Waals surface area (Å²) in [6.07, 6.45) is 5.02. The number of fused-ring (bicyclic) bond motifs is 1. The van der Waals surface area contributed by atoms with Gasteiger partial charge in [0.25, 0.3) is 0 Å². The second-order valence-corrected chi connectivity index (χ2v) is 9.48. The zero-order valence-electron chi connectivity index (χ0n) is 15.0. The van der Waals surface area contributed by atoms with Gasteiger partial charge in [0.05, 0.1) is 16.0 Å². The number of hydrogen-bond donors (Lipinski definition) is 0. The van der Waals surface area contributed by atoms with Crippen molar-refractivity contribution in [2.75, 3.05) is 18.0 Å². The number of nitrogens with zero attached hydrogens (tertiary/aromatic N) is 5. The molecule has 0 amide bonds. The van der Waals surface area contributed by atoms with Crippen molar-refractivity contribution >= 4 is 39.3 Å². The molecule has 5 nitrogen and oxygen atoms in total. The van der Waals surface area contributed by atoms with Gasteiger partial charge in [-0.3, -0.25) is 4.57 Å². The molecule has 1 aromatic carbocycles. The van der Waals surface area contributed by atoms with Crippen molar-refractivity contribution in [1.82, 2.24) is 19.7 Å². The van der Waals surface area contributed by atoms with Crippen LogP contribution >= 0.6 is 23.1 Å². The minimum atomic E-state index is 0.595. The van der Waals surface area contributed by atoms with E-state index in [-0.39, 0.29) is 0 Å². The Hall–Kier alpha value is -1.60. The molecule has 0 atom stereocenters. The van der Waals surface area contributed by atoms with Gasteiger partial charge in [-0.05, 0) is 43.7 Å². The molecule has 7 heteroatoms. The van der Waals surface area contributed by atoms with Crippen LogP contribution < -0.4 is 4.90 Å². The summed E-state index contributed by atoms with van der Waals surface area (Å²) in [7, 11) is 0. The minimum Gasteiger partial charge on any atom is -0.341 e. The van der Waals surface area contributed by atoms with E-state index < -0.39 is 0 Å². The van der Waals surface area contributed by atoms with E-state index in [1.807, 2.05) is 0 Å². The second-order valence-electron chi connectivity index (χ2n) is 7.42. The number of thioether (sulfide) groups is 1. The predicted octanol–water partition coefficient (Wildman–Crippen LogP) is 4.75. The average Bonchev–Trinajstić information content (AvgIpc) is 3.27. The highest BCUT2D eigenvalue weighted by molar-refractivity contribution is 7.98. The van der Waals surface area contributed by atoms with Gasteiger partial charge < -0.3 is 4.90 Å². The van der Waals surface area contributed by atoms with Gasteiger partial charge >= 0.3 is 0 Å². The van der Waals surface area contributed by atoms with E-state index in [2.05, 4.69) is 50.9 Å². The summed E-state index contributed by atoms with van der Waals surface area (Å²) in [6.45, 7) is 4.56. The zero-order valence-corrected chi connectivity index (χ0v) is 16.6. The van der Waals surface area contributed by atoms with Crippen molar-refractivity contribution in [3.8, 4) is 0 Å². The van der Waals surface area contributed by atoms with Gasteiger partial charge in [0.15, 0.2) is 5.16 Å². The maximum absolute atomic E-state index is 4.75. The molecule has 1 aliphatic heterocycles. The molecule has 26 heavy (non-hydrogen) atoms. The third-order valence-corrected chi connectivity index (χ3v) is 7.46. The van der Waals surface area contributed by atoms with E-state index in [0.29, 0.717) is 6.04 Å². The zero-order chi connectivity index (χ0) is 17.5. The number of anilines is 1. The Morgan fingerprint density at radius 2 is 1.92 bits per heavy atom. The fourth-order valence-electron chi connectivity index (χ4n) is 3.55. The molecule has 3 heterocycles. The fraction of sp³-hybridized carbons (Fsp3) is 0.526. The largest absolute Gasteiger partial charge is 0.341 e. The van der Waals surface area contributed by atoms with Crippen molar-refractivity contribution in [3.63, 3.8) is 0 Å². The molecule has 0 unspecified atom stereocenters. The Morgan fingerprint density at radius 3 is 2.69 bits per heavy atom. The first kappa shape index (κ1) is 16.6. The van der Waals surface area contributed by atoms with Gasteiger partial charge in [0.1, 0.15) is 5.01 Å². The van der Waals surface area contributed by atoms with Crippen molar-refractivity contribution in [2.45, 2.75) is 49.6 Å². The lowest BCUT2D eigenvalue weighted by Crippen LogP contribution is -2.34. The maximum Gasteiger partial charge on any atom is 0.228 e. The Morgan fingerprint density at radius 1 is 1.12 bits per heavy atom. The summed E-state index contributed by atoms with van der Waals surface area (Å²) in [5.74, 6) is 2.78. The molecule has 2 fully saturated rings. The molecule has 136 valence electrons. The molecule has 2 aliphatic rings. The molecule has 1 saturated carbocycles. The average molecular weight is 386 g/mol. The molecule has 2 aromatic heterocycles. The van der Waals surface area contributed by atoms with Crippen LogP contribution in [0.25, 0.3) is 10.2 Å². The molecule has 1 saturated heterocycles. The summed E-state index contributed by atoms with van der Waals surface area (Å²) in [5.41, 5.74) is 1.10. The Labute approximate surface area is 161 Å². The van der Waals surface area contributed by atoms with Crippen LogP contribution in [0.2, 0.25) is 0 Å². The van der Waals surface area contributed by atoms with E-state index in [9.17, 15) is 0 Å². The highest BCUT2D eigenvalue weighted by atomic mass is 32.2. The Kier molecular flexibility index (Phi) is 4.36. The van der Waals surface area contributed by atoms with Crippen molar-refractivity contribution in [2.24, 2.45) is 5.92 Å².